The summed E-state index contributed by atoms with van der Waals surface area (Å²) in [5.41, 5.74) is 7.87. The molecule has 6 heteroatoms. The molecule has 1 atom stereocenters. The first-order valence-electron chi connectivity index (χ1n) is 5.93. The molecule has 1 aromatic rings. The second kappa shape index (κ2) is 5.59. The molecule has 0 aliphatic heterocycles. The van der Waals surface area contributed by atoms with Crippen LogP contribution in [0.25, 0.3) is 0 Å². The van der Waals surface area contributed by atoms with Crippen molar-refractivity contribution in [3.63, 3.8) is 0 Å². The molecule has 0 saturated heterocycles. The largest absolute Gasteiger partial charge is 0.398 e. The Labute approximate surface area is 114 Å². The molecule has 0 heterocycles. The normalized spacial score (nSPS) is 13.3. The number of hydrogen-bond donors (Lipinski definition) is 1. The van der Waals surface area contributed by atoms with Gasteiger partial charge in [-0.25, -0.2) is 8.42 Å². The Morgan fingerprint density at radius 2 is 1.89 bits per heavy atom. The van der Waals surface area contributed by atoms with E-state index in [9.17, 15) is 8.42 Å². The van der Waals surface area contributed by atoms with Crippen molar-refractivity contribution >= 4 is 15.7 Å². The molecular weight excluding hydrogens is 262 g/mol. The summed E-state index contributed by atoms with van der Waals surface area (Å²) in [6, 6.07) is 4.81. The third kappa shape index (κ3) is 3.06. The molecule has 0 saturated carbocycles. The number of benzene rings is 1. The number of nitrogens with zero attached hydrogens (tertiary/aromatic N) is 2. The Balaban J connectivity index is 3.29. The van der Waals surface area contributed by atoms with Gasteiger partial charge in [0.1, 0.15) is 4.90 Å². The van der Waals surface area contributed by atoms with Gasteiger partial charge in [-0.2, -0.15) is 9.57 Å². The highest BCUT2D eigenvalue weighted by atomic mass is 32.2. The van der Waals surface area contributed by atoms with Gasteiger partial charge in [-0.05, 0) is 44.0 Å². The maximum atomic E-state index is 12.5. The standard InChI is InChI=1S/C13H19N3O2S/c1-9-7-12(15)13(8-10(9)2)19(17,18)16(4)11(3)5-6-14/h7-8,11H,5,15H2,1-4H3. The third-order valence-corrected chi connectivity index (χ3v) is 5.32. The van der Waals surface area contributed by atoms with Crippen molar-refractivity contribution in [3.8, 4) is 6.07 Å². The predicted octanol–water partition coefficient (Wildman–Crippen LogP) is 1.81. The number of nitriles is 1. The van der Waals surface area contributed by atoms with Crippen LogP contribution in [0, 0.1) is 25.2 Å². The Morgan fingerprint density at radius 1 is 1.37 bits per heavy atom. The quantitative estimate of drug-likeness (QED) is 0.853. The van der Waals surface area contributed by atoms with Crippen molar-refractivity contribution in [1.82, 2.24) is 4.31 Å². The minimum atomic E-state index is -3.67. The van der Waals surface area contributed by atoms with Crippen LogP contribution in [0.5, 0.6) is 0 Å². The predicted molar refractivity (Wildman–Crippen MR) is 75.0 cm³/mol. The van der Waals surface area contributed by atoms with Gasteiger partial charge in [0.25, 0.3) is 0 Å². The second-order valence-electron chi connectivity index (χ2n) is 4.71. The number of anilines is 1. The molecule has 0 aliphatic carbocycles. The number of rotatable bonds is 4. The van der Waals surface area contributed by atoms with Crippen LogP contribution in [0.15, 0.2) is 17.0 Å². The number of sulfonamides is 1. The van der Waals surface area contributed by atoms with Crippen LogP contribution < -0.4 is 5.73 Å². The molecule has 0 amide bonds. The zero-order chi connectivity index (χ0) is 14.8. The van der Waals surface area contributed by atoms with E-state index >= 15 is 0 Å². The average molecular weight is 281 g/mol. The van der Waals surface area contributed by atoms with Crippen LogP contribution in [0.4, 0.5) is 5.69 Å². The maximum Gasteiger partial charge on any atom is 0.245 e. The molecule has 104 valence electrons. The molecule has 2 N–H and O–H groups in total. The zero-order valence-corrected chi connectivity index (χ0v) is 12.5. The summed E-state index contributed by atoms with van der Waals surface area (Å²) in [5.74, 6) is 0. The Morgan fingerprint density at radius 3 is 2.42 bits per heavy atom. The van der Waals surface area contributed by atoms with Gasteiger partial charge in [0, 0.05) is 13.1 Å². The molecule has 1 unspecified atom stereocenters. The highest BCUT2D eigenvalue weighted by Crippen LogP contribution is 2.26. The van der Waals surface area contributed by atoms with Crippen LogP contribution in [-0.2, 0) is 10.0 Å². The van der Waals surface area contributed by atoms with Crippen molar-refractivity contribution in [2.45, 2.75) is 38.1 Å². The van der Waals surface area contributed by atoms with E-state index in [-0.39, 0.29) is 17.0 Å². The average Bonchev–Trinajstić information content (AvgIpc) is 2.32. The first kappa shape index (κ1) is 15.5. The SMILES string of the molecule is Cc1cc(N)c(S(=O)(=O)N(C)C(C)CC#N)cc1C. The molecule has 0 bridgehead atoms. The first-order valence-corrected chi connectivity index (χ1v) is 7.37. The van der Waals surface area contributed by atoms with Gasteiger partial charge >= 0.3 is 0 Å². The minimum absolute atomic E-state index is 0.0999. The van der Waals surface area contributed by atoms with E-state index in [4.69, 9.17) is 11.0 Å². The van der Waals surface area contributed by atoms with Gasteiger partial charge in [0.2, 0.25) is 10.0 Å². The lowest BCUT2D eigenvalue weighted by atomic mass is 10.1. The summed E-state index contributed by atoms with van der Waals surface area (Å²) < 4.78 is 26.1. The van der Waals surface area contributed by atoms with Crippen LogP contribution in [0.1, 0.15) is 24.5 Å². The fourth-order valence-electron chi connectivity index (χ4n) is 1.69. The van der Waals surface area contributed by atoms with E-state index in [0.29, 0.717) is 0 Å². The van der Waals surface area contributed by atoms with Crippen molar-refractivity contribution in [1.29, 1.82) is 5.26 Å². The number of nitrogen functional groups attached to an aromatic ring is 1. The molecule has 19 heavy (non-hydrogen) atoms. The molecule has 1 aromatic carbocycles. The maximum absolute atomic E-state index is 12.5. The van der Waals surface area contributed by atoms with Gasteiger partial charge in [-0.3, -0.25) is 0 Å². The summed E-state index contributed by atoms with van der Waals surface area (Å²) in [5, 5.41) is 8.66. The van der Waals surface area contributed by atoms with Crippen molar-refractivity contribution in [2.75, 3.05) is 12.8 Å². The highest BCUT2D eigenvalue weighted by molar-refractivity contribution is 7.89. The zero-order valence-electron chi connectivity index (χ0n) is 11.6. The lowest BCUT2D eigenvalue weighted by molar-refractivity contribution is 0.393. The van der Waals surface area contributed by atoms with Crippen LogP contribution in [0.2, 0.25) is 0 Å². The van der Waals surface area contributed by atoms with Gasteiger partial charge < -0.3 is 5.73 Å². The van der Waals surface area contributed by atoms with Gasteiger partial charge in [0.05, 0.1) is 18.2 Å². The topological polar surface area (TPSA) is 87.2 Å². The molecule has 1 rings (SSSR count). The lowest BCUT2D eigenvalue weighted by Crippen LogP contribution is -2.35. The van der Waals surface area contributed by atoms with E-state index < -0.39 is 16.1 Å². The number of hydrogen-bond acceptors (Lipinski definition) is 4. The van der Waals surface area contributed by atoms with E-state index in [1.54, 1.807) is 19.1 Å². The summed E-state index contributed by atoms with van der Waals surface area (Å²) in [7, 11) is -2.21. The molecule has 0 aliphatic rings. The smallest absolute Gasteiger partial charge is 0.245 e. The van der Waals surface area contributed by atoms with E-state index in [0.717, 1.165) is 11.1 Å². The van der Waals surface area contributed by atoms with Crippen molar-refractivity contribution < 1.29 is 8.42 Å². The van der Waals surface area contributed by atoms with Gasteiger partial charge in [-0.15, -0.1) is 0 Å². The van der Waals surface area contributed by atoms with Gasteiger partial charge in [-0.1, -0.05) is 0 Å². The molecule has 0 aromatic heterocycles. The van der Waals surface area contributed by atoms with Crippen molar-refractivity contribution in [3.05, 3.63) is 23.3 Å². The fraction of sp³-hybridized carbons (Fsp3) is 0.462. The van der Waals surface area contributed by atoms with Gasteiger partial charge in [0.15, 0.2) is 0 Å². The van der Waals surface area contributed by atoms with E-state index in [2.05, 4.69) is 0 Å². The van der Waals surface area contributed by atoms with E-state index in [1.165, 1.54) is 11.4 Å². The molecule has 0 spiro atoms. The van der Waals surface area contributed by atoms with E-state index in [1.807, 2.05) is 19.9 Å². The summed E-state index contributed by atoms with van der Waals surface area (Å²) in [6.45, 7) is 5.41. The number of nitrogens with two attached hydrogens (primary N) is 1. The minimum Gasteiger partial charge on any atom is -0.398 e. The third-order valence-electron chi connectivity index (χ3n) is 3.29. The highest BCUT2D eigenvalue weighted by Gasteiger charge is 2.27. The van der Waals surface area contributed by atoms with Crippen LogP contribution >= 0.6 is 0 Å². The Hall–Kier alpha value is -1.58. The molecular formula is C13H19N3O2S. The molecule has 5 nitrogen and oxygen atoms in total. The number of aryl methyl sites for hydroxylation is 2. The lowest BCUT2D eigenvalue weighted by Gasteiger charge is -2.23. The summed E-state index contributed by atoms with van der Waals surface area (Å²) in [6.07, 6.45) is 0.139. The molecule has 0 radical (unpaired) electrons. The summed E-state index contributed by atoms with van der Waals surface area (Å²) >= 11 is 0. The van der Waals surface area contributed by atoms with Crippen LogP contribution in [0.3, 0.4) is 0 Å². The Bertz CT molecular complexity index is 618. The second-order valence-corrected chi connectivity index (χ2v) is 6.67. The summed E-state index contributed by atoms with van der Waals surface area (Å²) in [4.78, 5) is 0.0999. The van der Waals surface area contributed by atoms with Crippen molar-refractivity contribution in [2.24, 2.45) is 0 Å². The monoisotopic (exact) mass is 281 g/mol. The van der Waals surface area contributed by atoms with Crippen LogP contribution in [-0.4, -0.2) is 25.8 Å². The fourth-order valence-corrected chi connectivity index (χ4v) is 3.23. The molecule has 0 fully saturated rings. The first-order chi connectivity index (χ1) is 8.71. The Kier molecular flexibility index (Phi) is 4.56.